The van der Waals surface area contributed by atoms with Crippen molar-refractivity contribution in [3.63, 3.8) is 0 Å². The van der Waals surface area contributed by atoms with Crippen molar-refractivity contribution in [1.29, 1.82) is 0 Å². The highest BCUT2D eigenvalue weighted by Gasteiger charge is 2.24. The normalized spacial score (nSPS) is 12.1. The number of aromatic nitrogens is 1. The third-order valence-electron chi connectivity index (χ3n) is 5.72. The number of amides is 1. The molecule has 0 aliphatic rings. The molecule has 6 heteroatoms. The molecular weight excluding hydrogens is 414 g/mol. The molecule has 1 atom stereocenters. The zero-order valence-corrected chi connectivity index (χ0v) is 18.8. The van der Waals surface area contributed by atoms with Crippen LogP contribution in [0.2, 0.25) is 0 Å². The Hall–Kier alpha value is -3.93. The molecule has 0 saturated carbocycles. The van der Waals surface area contributed by atoms with Crippen molar-refractivity contribution in [3.8, 4) is 0 Å². The van der Waals surface area contributed by atoms with Crippen LogP contribution in [0.15, 0.2) is 85.1 Å². The minimum absolute atomic E-state index is 0.0365. The van der Waals surface area contributed by atoms with Gasteiger partial charge < -0.3 is 9.88 Å². The van der Waals surface area contributed by atoms with Crippen molar-refractivity contribution < 1.29 is 9.72 Å². The third kappa shape index (κ3) is 5.12. The lowest BCUT2D eigenvalue weighted by molar-refractivity contribution is -0.384. The number of nitrogens with zero attached hydrogens (tertiary/aromatic N) is 2. The van der Waals surface area contributed by atoms with E-state index in [2.05, 4.69) is 22.0 Å². The Kier molecular flexibility index (Phi) is 6.54. The van der Waals surface area contributed by atoms with Crippen LogP contribution in [-0.2, 0) is 11.3 Å². The fourth-order valence-electron chi connectivity index (χ4n) is 4.27. The molecule has 6 nitrogen and oxygen atoms in total. The number of carbonyl (C=O) groups excluding carboxylic acids is 1. The molecule has 4 rings (SSSR count). The zero-order valence-electron chi connectivity index (χ0n) is 18.8. The van der Waals surface area contributed by atoms with Gasteiger partial charge in [0.05, 0.1) is 4.92 Å². The monoisotopic (exact) mass is 441 g/mol. The van der Waals surface area contributed by atoms with E-state index in [-0.39, 0.29) is 34.9 Å². The van der Waals surface area contributed by atoms with Gasteiger partial charge in [-0.15, -0.1) is 0 Å². The fourth-order valence-corrected chi connectivity index (χ4v) is 4.27. The Bertz CT molecular complexity index is 1260. The molecule has 4 aromatic rings. The van der Waals surface area contributed by atoms with E-state index in [1.165, 1.54) is 6.07 Å². The quantitative estimate of drug-likeness (QED) is 0.284. The second-order valence-electron chi connectivity index (χ2n) is 8.55. The van der Waals surface area contributed by atoms with E-state index < -0.39 is 0 Å². The lowest BCUT2D eigenvalue weighted by Crippen LogP contribution is -2.31. The van der Waals surface area contributed by atoms with Crippen molar-refractivity contribution in [1.82, 2.24) is 9.88 Å². The summed E-state index contributed by atoms with van der Waals surface area (Å²) in [7, 11) is 0. The number of non-ortho nitro benzene ring substituents is 1. The molecule has 1 unspecified atom stereocenters. The molecule has 1 N–H and O–H groups in total. The molecule has 168 valence electrons. The van der Waals surface area contributed by atoms with E-state index >= 15 is 0 Å². The van der Waals surface area contributed by atoms with Crippen LogP contribution in [0.25, 0.3) is 10.9 Å². The first kappa shape index (κ1) is 22.3. The van der Waals surface area contributed by atoms with Gasteiger partial charge >= 0.3 is 0 Å². The van der Waals surface area contributed by atoms with Crippen LogP contribution in [0.5, 0.6) is 0 Å². The molecule has 0 radical (unpaired) electrons. The molecule has 0 bridgehead atoms. The highest BCUT2D eigenvalue weighted by Crippen LogP contribution is 2.36. The number of rotatable bonds is 8. The Morgan fingerprint density at radius 1 is 1.00 bits per heavy atom. The predicted molar refractivity (Wildman–Crippen MR) is 130 cm³/mol. The fraction of sp³-hybridized carbons (Fsp3) is 0.222. The van der Waals surface area contributed by atoms with Crippen molar-refractivity contribution in [2.45, 2.75) is 38.8 Å². The Morgan fingerprint density at radius 3 is 2.30 bits per heavy atom. The van der Waals surface area contributed by atoms with E-state index in [4.69, 9.17) is 0 Å². The topological polar surface area (TPSA) is 77.2 Å². The number of nitro benzene ring substituents is 1. The second-order valence-corrected chi connectivity index (χ2v) is 8.55. The Balaban J connectivity index is 1.86. The average Bonchev–Trinajstić information content (AvgIpc) is 3.15. The first-order valence-electron chi connectivity index (χ1n) is 11.1. The van der Waals surface area contributed by atoms with Gasteiger partial charge in [0, 0.05) is 54.2 Å². The highest BCUT2D eigenvalue weighted by atomic mass is 16.6. The summed E-state index contributed by atoms with van der Waals surface area (Å²) in [5.74, 6) is -0.278. The minimum Gasteiger partial charge on any atom is -0.354 e. The Labute approximate surface area is 193 Å². The van der Waals surface area contributed by atoms with Crippen molar-refractivity contribution in [2.24, 2.45) is 0 Å². The number of benzene rings is 3. The molecule has 0 fully saturated rings. The zero-order chi connectivity index (χ0) is 23.4. The molecule has 0 aliphatic heterocycles. The number of carbonyl (C=O) groups is 1. The molecule has 0 spiro atoms. The number of nitrogens with one attached hydrogen (secondary N) is 1. The van der Waals surface area contributed by atoms with Crippen molar-refractivity contribution in [3.05, 3.63) is 112 Å². The van der Waals surface area contributed by atoms with Gasteiger partial charge in [-0.2, -0.15) is 0 Å². The molecule has 0 saturated heterocycles. The van der Waals surface area contributed by atoms with Gasteiger partial charge in [-0.1, -0.05) is 60.7 Å². The van der Waals surface area contributed by atoms with Gasteiger partial charge in [0.2, 0.25) is 5.91 Å². The third-order valence-corrected chi connectivity index (χ3v) is 5.72. The van der Waals surface area contributed by atoms with E-state index in [0.717, 1.165) is 27.6 Å². The van der Waals surface area contributed by atoms with Gasteiger partial charge in [0.25, 0.3) is 5.69 Å². The maximum atomic E-state index is 12.8. The standard InChI is InChI=1S/C27H27N3O3/c1-19(2)28-27(31)16-23(21-11-7-4-8-12-21)25-18-29(17-20-9-5-3-6-10-20)26-14-13-22(30(32)33)15-24(25)26/h3-15,18-19,23H,16-17H2,1-2H3,(H,28,31). The van der Waals surface area contributed by atoms with Crippen molar-refractivity contribution >= 4 is 22.5 Å². The molecule has 0 aliphatic carbocycles. The van der Waals surface area contributed by atoms with E-state index in [1.807, 2.05) is 68.6 Å². The van der Waals surface area contributed by atoms with Crippen molar-refractivity contribution in [2.75, 3.05) is 0 Å². The SMILES string of the molecule is CC(C)NC(=O)CC(c1ccccc1)c1cn(Cc2ccccc2)c2ccc([N+](=O)[O-])cc12. The summed E-state index contributed by atoms with van der Waals surface area (Å²) in [5, 5.41) is 15.3. The summed E-state index contributed by atoms with van der Waals surface area (Å²) in [6, 6.07) is 24.9. The van der Waals surface area contributed by atoms with Crippen LogP contribution in [-0.4, -0.2) is 21.4 Å². The lowest BCUT2D eigenvalue weighted by Gasteiger charge is -2.18. The van der Waals surface area contributed by atoms with Crippen LogP contribution in [0, 0.1) is 10.1 Å². The summed E-state index contributed by atoms with van der Waals surface area (Å²) in [5.41, 5.74) is 3.99. The van der Waals surface area contributed by atoms with E-state index in [0.29, 0.717) is 6.54 Å². The largest absolute Gasteiger partial charge is 0.354 e. The average molecular weight is 442 g/mol. The molecule has 1 heterocycles. The van der Waals surface area contributed by atoms with E-state index in [9.17, 15) is 14.9 Å². The smallest absolute Gasteiger partial charge is 0.270 e. The number of fused-ring (bicyclic) bond motifs is 1. The summed E-state index contributed by atoms with van der Waals surface area (Å²) in [6.07, 6.45) is 2.30. The number of hydrogen-bond donors (Lipinski definition) is 1. The van der Waals surface area contributed by atoms with Crippen LogP contribution in [0.3, 0.4) is 0 Å². The highest BCUT2D eigenvalue weighted by molar-refractivity contribution is 5.88. The number of nitro groups is 1. The predicted octanol–water partition coefficient (Wildman–Crippen LogP) is 5.64. The maximum Gasteiger partial charge on any atom is 0.270 e. The summed E-state index contributed by atoms with van der Waals surface area (Å²) < 4.78 is 2.11. The van der Waals surface area contributed by atoms with E-state index in [1.54, 1.807) is 12.1 Å². The molecular formula is C27H27N3O3. The molecule has 33 heavy (non-hydrogen) atoms. The van der Waals surface area contributed by atoms with Gasteiger partial charge in [-0.25, -0.2) is 0 Å². The molecule has 3 aromatic carbocycles. The minimum atomic E-state index is -0.374. The Morgan fingerprint density at radius 2 is 1.67 bits per heavy atom. The molecule has 1 aromatic heterocycles. The first-order valence-corrected chi connectivity index (χ1v) is 11.1. The number of hydrogen-bond acceptors (Lipinski definition) is 3. The summed E-state index contributed by atoms with van der Waals surface area (Å²) >= 11 is 0. The van der Waals surface area contributed by atoms with Crippen LogP contribution >= 0.6 is 0 Å². The maximum absolute atomic E-state index is 12.8. The first-order chi connectivity index (χ1) is 15.9. The van der Waals surface area contributed by atoms with Crippen LogP contribution in [0.4, 0.5) is 5.69 Å². The summed E-state index contributed by atoms with van der Waals surface area (Å²) in [6.45, 7) is 4.50. The van der Waals surface area contributed by atoms with Gasteiger partial charge in [0.1, 0.15) is 0 Å². The van der Waals surface area contributed by atoms with Gasteiger partial charge in [0.15, 0.2) is 0 Å². The lowest BCUT2D eigenvalue weighted by atomic mass is 9.88. The van der Waals surface area contributed by atoms with Crippen LogP contribution in [0.1, 0.15) is 42.9 Å². The summed E-state index contributed by atoms with van der Waals surface area (Å²) in [4.78, 5) is 23.9. The second kappa shape index (κ2) is 9.69. The van der Waals surface area contributed by atoms with Gasteiger partial charge in [-0.05, 0) is 36.6 Å². The molecule has 1 amide bonds. The van der Waals surface area contributed by atoms with Crippen LogP contribution < -0.4 is 5.32 Å². The van der Waals surface area contributed by atoms with Gasteiger partial charge in [-0.3, -0.25) is 14.9 Å².